The van der Waals surface area contributed by atoms with Gasteiger partial charge in [-0.05, 0) is 37.1 Å². The van der Waals surface area contributed by atoms with Gasteiger partial charge in [0, 0.05) is 12.5 Å². The summed E-state index contributed by atoms with van der Waals surface area (Å²) in [7, 11) is 0. The molecule has 2 nitrogen and oxygen atoms in total. The van der Waals surface area contributed by atoms with Crippen LogP contribution in [0.4, 0.5) is 0 Å². The summed E-state index contributed by atoms with van der Waals surface area (Å²) in [5.41, 5.74) is 2.37. The Morgan fingerprint density at radius 2 is 1.42 bits per heavy atom. The van der Waals surface area contributed by atoms with Crippen molar-refractivity contribution < 1.29 is 4.74 Å². The Bertz CT molecular complexity index is 609. The lowest BCUT2D eigenvalue weighted by Crippen LogP contribution is -2.39. The molecule has 26 heavy (non-hydrogen) atoms. The Morgan fingerprint density at radius 3 is 1.92 bits per heavy atom. The third kappa shape index (κ3) is 4.75. The average Bonchev–Trinajstić information content (AvgIpc) is 2.72. The van der Waals surface area contributed by atoms with E-state index < -0.39 is 0 Å². The molecule has 142 valence electrons. The molecule has 2 unspecified atom stereocenters. The number of nitrogens with zero attached hydrogens (tertiary/aromatic N) is 1. The highest BCUT2D eigenvalue weighted by Crippen LogP contribution is 2.44. The summed E-state index contributed by atoms with van der Waals surface area (Å²) in [6.07, 6.45) is 2.01. The van der Waals surface area contributed by atoms with E-state index in [0.717, 1.165) is 39.1 Å². The molecule has 0 N–H and O–H groups in total. The predicted octanol–water partition coefficient (Wildman–Crippen LogP) is 5.84. The molecule has 0 aliphatic heterocycles. The van der Waals surface area contributed by atoms with E-state index in [-0.39, 0.29) is 5.60 Å². The highest BCUT2D eigenvalue weighted by molar-refractivity contribution is 5.31. The van der Waals surface area contributed by atoms with Crippen LogP contribution in [0.2, 0.25) is 0 Å². The molecule has 0 aliphatic carbocycles. The van der Waals surface area contributed by atoms with E-state index >= 15 is 0 Å². The first-order valence-electron chi connectivity index (χ1n) is 10.2. The highest BCUT2D eigenvalue weighted by atomic mass is 16.5. The maximum absolute atomic E-state index is 6.76. The molecule has 0 aliphatic rings. The smallest absolute Gasteiger partial charge is 0.0997 e. The van der Waals surface area contributed by atoms with Gasteiger partial charge < -0.3 is 9.64 Å². The van der Waals surface area contributed by atoms with Crippen molar-refractivity contribution in [3.05, 3.63) is 71.8 Å². The fraction of sp³-hybridized carbons (Fsp3) is 0.500. The van der Waals surface area contributed by atoms with Crippen LogP contribution < -0.4 is 0 Å². The molecular formula is C24H35NO. The lowest BCUT2D eigenvalue weighted by atomic mass is 9.74. The molecule has 2 heteroatoms. The summed E-state index contributed by atoms with van der Waals surface area (Å²) in [6.45, 7) is 12.8. The normalized spacial score (nSPS) is 15.0. The molecule has 0 bridgehead atoms. The molecule has 2 atom stereocenters. The predicted molar refractivity (Wildman–Crippen MR) is 112 cm³/mol. The summed E-state index contributed by atoms with van der Waals surface area (Å²) in [5.74, 6) is 0.341. The van der Waals surface area contributed by atoms with Gasteiger partial charge in [0.25, 0.3) is 0 Å². The Hall–Kier alpha value is -1.64. The second-order valence-corrected chi connectivity index (χ2v) is 6.86. The molecule has 0 fully saturated rings. The van der Waals surface area contributed by atoms with Gasteiger partial charge in [-0.25, -0.2) is 0 Å². The van der Waals surface area contributed by atoms with E-state index in [9.17, 15) is 0 Å². The molecule has 0 heterocycles. The van der Waals surface area contributed by atoms with Crippen LogP contribution in [-0.4, -0.2) is 31.1 Å². The lowest BCUT2D eigenvalue weighted by molar-refractivity contribution is -0.0808. The van der Waals surface area contributed by atoms with E-state index in [0.29, 0.717) is 5.92 Å². The molecule has 0 saturated heterocycles. The zero-order chi connectivity index (χ0) is 18.8. The Balaban J connectivity index is 2.36. The van der Waals surface area contributed by atoms with E-state index in [1.165, 1.54) is 11.1 Å². The molecule has 0 saturated carbocycles. The molecule has 0 radical (unpaired) electrons. The van der Waals surface area contributed by atoms with Gasteiger partial charge in [0.1, 0.15) is 0 Å². The zero-order valence-corrected chi connectivity index (χ0v) is 16.9. The molecule has 0 amide bonds. The van der Waals surface area contributed by atoms with Crippen LogP contribution in [0.3, 0.4) is 0 Å². The van der Waals surface area contributed by atoms with E-state index in [1.807, 2.05) is 0 Å². The van der Waals surface area contributed by atoms with Crippen LogP contribution in [0.5, 0.6) is 0 Å². The zero-order valence-electron chi connectivity index (χ0n) is 16.9. The largest absolute Gasteiger partial charge is 0.368 e. The minimum Gasteiger partial charge on any atom is -0.368 e. The molecule has 2 aromatic rings. The van der Waals surface area contributed by atoms with Crippen LogP contribution in [0.25, 0.3) is 0 Å². The molecular weight excluding hydrogens is 318 g/mol. The van der Waals surface area contributed by atoms with Gasteiger partial charge in [0.15, 0.2) is 0 Å². The number of likely N-dealkylation sites (N-methyl/N-ethyl adjacent to an activating group) is 1. The number of hydrogen-bond donors (Lipinski definition) is 0. The Labute approximate surface area is 160 Å². The van der Waals surface area contributed by atoms with E-state index in [2.05, 4.69) is 93.3 Å². The highest BCUT2D eigenvalue weighted by Gasteiger charge is 2.39. The van der Waals surface area contributed by atoms with Crippen molar-refractivity contribution in [3.63, 3.8) is 0 Å². The fourth-order valence-corrected chi connectivity index (χ4v) is 4.07. The number of benzene rings is 2. The monoisotopic (exact) mass is 353 g/mol. The van der Waals surface area contributed by atoms with Crippen LogP contribution >= 0.6 is 0 Å². The van der Waals surface area contributed by atoms with Gasteiger partial charge in [-0.2, -0.15) is 0 Å². The Morgan fingerprint density at radius 1 is 0.846 bits per heavy atom. The quantitative estimate of drug-likeness (QED) is 0.503. The van der Waals surface area contributed by atoms with Crippen LogP contribution in [0.1, 0.15) is 57.6 Å². The first-order chi connectivity index (χ1) is 12.7. The van der Waals surface area contributed by atoms with Gasteiger partial charge in [0.2, 0.25) is 0 Å². The van der Waals surface area contributed by atoms with Crippen molar-refractivity contribution in [2.24, 2.45) is 0 Å². The van der Waals surface area contributed by atoms with Crippen molar-refractivity contribution in [2.45, 2.75) is 52.1 Å². The first kappa shape index (κ1) is 20.7. The lowest BCUT2D eigenvalue weighted by Gasteiger charge is -2.41. The minimum absolute atomic E-state index is 0.287. The van der Waals surface area contributed by atoms with Gasteiger partial charge >= 0.3 is 0 Å². The topological polar surface area (TPSA) is 12.5 Å². The third-order valence-corrected chi connectivity index (χ3v) is 5.62. The van der Waals surface area contributed by atoms with Crippen LogP contribution in [0.15, 0.2) is 60.7 Å². The number of rotatable bonds is 11. The van der Waals surface area contributed by atoms with Crippen molar-refractivity contribution in [3.8, 4) is 0 Å². The second-order valence-electron chi connectivity index (χ2n) is 6.86. The van der Waals surface area contributed by atoms with Gasteiger partial charge in [-0.15, -0.1) is 0 Å². The SMILES string of the molecule is CCC(c1ccccc1)C(CC)(OCCN(CC)CC)c1ccccc1. The van der Waals surface area contributed by atoms with Crippen molar-refractivity contribution >= 4 is 0 Å². The Kier molecular flexibility index (Phi) is 8.34. The van der Waals surface area contributed by atoms with E-state index in [1.54, 1.807) is 0 Å². The van der Waals surface area contributed by atoms with Crippen LogP contribution in [-0.2, 0) is 10.3 Å². The molecule has 2 aromatic carbocycles. The first-order valence-corrected chi connectivity index (χ1v) is 10.2. The average molecular weight is 354 g/mol. The van der Waals surface area contributed by atoms with Crippen LogP contribution in [0, 0.1) is 0 Å². The minimum atomic E-state index is -0.287. The van der Waals surface area contributed by atoms with E-state index in [4.69, 9.17) is 4.74 Å². The summed E-state index contributed by atoms with van der Waals surface area (Å²) >= 11 is 0. The maximum Gasteiger partial charge on any atom is 0.0997 e. The van der Waals surface area contributed by atoms with Crippen molar-refractivity contribution in [2.75, 3.05) is 26.2 Å². The molecule has 0 spiro atoms. The second kappa shape index (κ2) is 10.5. The fourth-order valence-electron chi connectivity index (χ4n) is 4.07. The summed E-state index contributed by atoms with van der Waals surface area (Å²) in [5, 5.41) is 0. The van der Waals surface area contributed by atoms with Gasteiger partial charge in [-0.3, -0.25) is 0 Å². The van der Waals surface area contributed by atoms with Crippen molar-refractivity contribution in [1.29, 1.82) is 0 Å². The number of hydrogen-bond acceptors (Lipinski definition) is 2. The molecule has 0 aromatic heterocycles. The molecule has 2 rings (SSSR count). The van der Waals surface area contributed by atoms with Gasteiger partial charge in [0.05, 0.1) is 12.2 Å². The summed E-state index contributed by atoms with van der Waals surface area (Å²) in [6, 6.07) is 21.7. The third-order valence-electron chi connectivity index (χ3n) is 5.62. The summed E-state index contributed by atoms with van der Waals surface area (Å²) < 4.78 is 6.76. The standard InChI is InChI=1S/C24H35NO/c1-5-23(21-15-11-9-12-16-21)24(6-2,22-17-13-10-14-18-22)26-20-19-25(7-3)8-4/h9-18,23H,5-8,19-20H2,1-4H3. The maximum atomic E-state index is 6.76. The summed E-state index contributed by atoms with van der Waals surface area (Å²) in [4.78, 5) is 2.43. The number of ether oxygens (including phenoxy) is 1. The van der Waals surface area contributed by atoms with Gasteiger partial charge in [-0.1, -0.05) is 88.4 Å². The van der Waals surface area contributed by atoms with Crippen molar-refractivity contribution in [1.82, 2.24) is 4.90 Å².